The number of pyridine rings is 2. The molecule has 2 fully saturated rings. The lowest BCUT2D eigenvalue weighted by Gasteiger charge is -2.38. The van der Waals surface area contributed by atoms with E-state index >= 15 is 0 Å². The molecule has 7 nitrogen and oxygen atoms in total. The average Bonchev–Trinajstić information content (AvgIpc) is 3.05. The van der Waals surface area contributed by atoms with E-state index in [4.69, 9.17) is 0 Å². The summed E-state index contributed by atoms with van der Waals surface area (Å²) in [4.78, 5) is 35.9. The molecule has 0 spiro atoms. The van der Waals surface area contributed by atoms with Crippen LogP contribution < -0.4 is 5.56 Å². The lowest BCUT2D eigenvalue weighted by Crippen LogP contribution is -2.46. The molecule has 3 aliphatic heterocycles. The van der Waals surface area contributed by atoms with Gasteiger partial charge in [0, 0.05) is 62.2 Å². The molecule has 1 N–H and O–H groups in total. The summed E-state index contributed by atoms with van der Waals surface area (Å²) in [5.41, 5.74) is 2.42. The first-order chi connectivity index (χ1) is 16.1. The van der Waals surface area contributed by atoms with Crippen molar-refractivity contribution in [1.82, 2.24) is 19.4 Å². The van der Waals surface area contributed by atoms with Crippen molar-refractivity contribution in [2.45, 2.75) is 51.4 Å². The second-order valence-electron chi connectivity index (χ2n) is 9.39. The summed E-state index contributed by atoms with van der Waals surface area (Å²) < 4.78 is 1.84. The van der Waals surface area contributed by atoms with Gasteiger partial charge in [-0.15, -0.1) is 0 Å². The molecule has 174 valence electrons. The van der Waals surface area contributed by atoms with Crippen molar-refractivity contribution >= 4 is 12.0 Å². The van der Waals surface area contributed by atoms with E-state index in [2.05, 4.69) is 9.88 Å². The third-order valence-corrected chi connectivity index (χ3v) is 7.57. The van der Waals surface area contributed by atoms with Gasteiger partial charge in [-0.3, -0.25) is 19.5 Å². The largest absolute Gasteiger partial charge is 0.396 e. The monoisotopic (exact) mass is 448 g/mol. The first kappa shape index (κ1) is 22.0. The van der Waals surface area contributed by atoms with E-state index in [0.29, 0.717) is 18.7 Å². The minimum absolute atomic E-state index is 0.0270. The van der Waals surface area contributed by atoms with Crippen LogP contribution in [0.4, 0.5) is 0 Å². The second kappa shape index (κ2) is 9.23. The Morgan fingerprint density at radius 1 is 1.18 bits per heavy atom. The van der Waals surface area contributed by atoms with Crippen LogP contribution in [0.2, 0.25) is 0 Å². The number of rotatable bonds is 5. The van der Waals surface area contributed by atoms with E-state index in [1.165, 1.54) is 0 Å². The van der Waals surface area contributed by atoms with E-state index in [-0.39, 0.29) is 42.0 Å². The fourth-order valence-electron chi connectivity index (χ4n) is 6.05. The summed E-state index contributed by atoms with van der Waals surface area (Å²) in [7, 11) is 0. The van der Waals surface area contributed by atoms with Crippen LogP contribution in [0.5, 0.6) is 0 Å². The summed E-state index contributed by atoms with van der Waals surface area (Å²) in [5, 5.41) is 10.5. The zero-order valence-corrected chi connectivity index (χ0v) is 19.1. The van der Waals surface area contributed by atoms with Crippen molar-refractivity contribution in [2.24, 2.45) is 11.8 Å². The van der Waals surface area contributed by atoms with Crippen LogP contribution in [0.15, 0.2) is 47.4 Å². The van der Waals surface area contributed by atoms with Crippen molar-refractivity contribution in [3.05, 3.63) is 69.9 Å². The molecule has 2 aromatic heterocycles. The smallest absolute Gasteiger partial charge is 0.258 e. The van der Waals surface area contributed by atoms with Gasteiger partial charge in [-0.1, -0.05) is 18.2 Å². The Morgan fingerprint density at radius 3 is 2.70 bits per heavy atom. The van der Waals surface area contributed by atoms with E-state index in [1.54, 1.807) is 6.20 Å². The highest BCUT2D eigenvalue weighted by atomic mass is 16.3. The molecular weight excluding hydrogens is 416 g/mol. The number of likely N-dealkylation sites (tertiary alicyclic amines) is 1. The Balaban J connectivity index is 1.60. The minimum Gasteiger partial charge on any atom is -0.396 e. The number of fused-ring (bicyclic) bond motifs is 4. The van der Waals surface area contributed by atoms with Crippen molar-refractivity contribution in [2.75, 3.05) is 19.7 Å². The Labute approximate surface area is 194 Å². The van der Waals surface area contributed by atoms with Gasteiger partial charge in [-0.25, -0.2) is 0 Å². The fraction of sp³-hybridized carbons (Fsp3) is 0.500. The number of aliphatic hydroxyl groups is 1. The van der Waals surface area contributed by atoms with Crippen molar-refractivity contribution in [3.63, 3.8) is 0 Å². The molecule has 7 heteroatoms. The molecule has 2 aromatic rings. The lowest BCUT2D eigenvalue weighted by atomic mass is 9.85. The molecule has 1 amide bonds. The minimum atomic E-state index is -0.373. The van der Waals surface area contributed by atoms with Crippen molar-refractivity contribution in [3.8, 4) is 0 Å². The van der Waals surface area contributed by atoms with E-state index in [0.717, 1.165) is 43.7 Å². The highest BCUT2D eigenvalue weighted by Crippen LogP contribution is 2.49. The van der Waals surface area contributed by atoms with Crippen LogP contribution in [0, 0.1) is 11.8 Å². The predicted octanol–water partition coefficient (Wildman–Crippen LogP) is 2.45. The summed E-state index contributed by atoms with van der Waals surface area (Å²) in [6.07, 6.45) is 8.68. The highest BCUT2D eigenvalue weighted by molar-refractivity contribution is 5.81. The Bertz CT molecular complexity index is 1090. The van der Waals surface area contributed by atoms with Crippen molar-refractivity contribution in [1.29, 1.82) is 0 Å². The zero-order chi connectivity index (χ0) is 22.9. The van der Waals surface area contributed by atoms with Crippen LogP contribution in [0.25, 0.3) is 6.08 Å². The fourth-order valence-corrected chi connectivity index (χ4v) is 6.05. The maximum atomic E-state index is 13.8. The molecule has 33 heavy (non-hydrogen) atoms. The number of piperidine rings is 1. The van der Waals surface area contributed by atoms with Crippen LogP contribution in [0.3, 0.4) is 0 Å². The maximum Gasteiger partial charge on any atom is 0.258 e. The predicted molar refractivity (Wildman–Crippen MR) is 126 cm³/mol. The number of allylic oxidation sites excluding steroid dienone is 1. The first-order valence-corrected chi connectivity index (χ1v) is 12.1. The molecule has 0 radical (unpaired) electrons. The van der Waals surface area contributed by atoms with Gasteiger partial charge in [0.25, 0.3) is 5.56 Å². The number of carbonyl (C=O) groups is 1. The number of hydrogen-bond donors (Lipinski definition) is 1. The third-order valence-electron chi connectivity index (χ3n) is 7.57. The van der Waals surface area contributed by atoms with Crippen LogP contribution in [-0.2, 0) is 17.9 Å². The molecule has 0 unspecified atom stereocenters. The summed E-state index contributed by atoms with van der Waals surface area (Å²) in [6.45, 7) is 4.43. The van der Waals surface area contributed by atoms with Crippen LogP contribution in [-0.4, -0.2) is 56.1 Å². The van der Waals surface area contributed by atoms with Gasteiger partial charge in [-0.2, -0.15) is 0 Å². The maximum absolute atomic E-state index is 13.8. The van der Waals surface area contributed by atoms with Gasteiger partial charge >= 0.3 is 0 Å². The second-order valence-corrected chi connectivity index (χ2v) is 9.39. The Kier molecular flexibility index (Phi) is 6.17. The number of nitrogens with zero attached hydrogens (tertiary/aromatic N) is 4. The molecule has 5 rings (SSSR count). The average molecular weight is 449 g/mol. The normalized spacial score (nSPS) is 27.2. The van der Waals surface area contributed by atoms with Gasteiger partial charge < -0.3 is 14.6 Å². The third kappa shape index (κ3) is 3.83. The summed E-state index contributed by atoms with van der Waals surface area (Å²) in [6, 6.07) is 9.35. The van der Waals surface area contributed by atoms with Gasteiger partial charge in [0.1, 0.15) is 0 Å². The topological polar surface area (TPSA) is 78.7 Å². The SMILES string of the molecule is C/C=C/c1ccc2n(c1=O)C[C@@H]1[C@@H](CO)[C@H](C(=O)N3CCCCC3)[C@H]2N1Cc1ccccn1. The summed E-state index contributed by atoms with van der Waals surface area (Å²) >= 11 is 0. The molecule has 2 bridgehead atoms. The number of aromatic nitrogens is 2. The summed E-state index contributed by atoms with van der Waals surface area (Å²) in [5.74, 6) is -0.481. The van der Waals surface area contributed by atoms with E-state index in [1.807, 2.05) is 58.9 Å². The molecular formula is C26H32N4O3. The molecule has 5 heterocycles. The van der Waals surface area contributed by atoms with Crippen LogP contribution in [0.1, 0.15) is 49.2 Å². The van der Waals surface area contributed by atoms with E-state index < -0.39 is 0 Å². The Hall–Kier alpha value is -2.77. The molecule has 4 atom stereocenters. The van der Waals surface area contributed by atoms with Gasteiger partial charge in [-0.05, 0) is 50.5 Å². The highest BCUT2D eigenvalue weighted by Gasteiger charge is 2.56. The number of aliphatic hydroxyl groups excluding tert-OH is 1. The quantitative estimate of drug-likeness (QED) is 0.760. The number of amides is 1. The molecule has 0 saturated carbocycles. The molecule has 0 aliphatic carbocycles. The van der Waals surface area contributed by atoms with Crippen molar-refractivity contribution < 1.29 is 9.90 Å². The zero-order valence-electron chi connectivity index (χ0n) is 19.1. The first-order valence-electron chi connectivity index (χ1n) is 12.1. The van der Waals surface area contributed by atoms with Gasteiger partial charge in [0.15, 0.2) is 0 Å². The number of carbonyl (C=O) groups excluding carboxylic acids is 1. The standard InChI is InChI=1S/C26H32N4O3/c1-2-8-18-10-11-21-24-23(26(33)28-13-6-3-7-14-28)20(17-31)22(16-30(21)25(18)32)29(24)15-19-9-4-5-12-27-19/h2,4-5,8-12,20,22-24,31H,3,6-7,13-17H2,1H3/b8-2+/t20-,22-,23+,24+/m1/s1. The van der Waals surface area contributed by atoms with Gasteiger partial charge in [0.05, 0.1) is 17.7 Å². The van der Waals surface area contributed by atoms with Crippen LogP contribution >= 0.6 is 0 Å². The molecule has 3 aliphatic rings. The van der Waals surface area contributed by atoms with E-state index in [9.17, 15) is 14.7 Å². The molecule has 0 aromatic carbocycles. The molecule has 2 saturated heterocycles. The number of hydrogen-bond acceptors (Lipinski definition) is 5. The Morgan fingerprint density at radius 2 is 2.00 bits per heavy atom. The lowest BCUT2D eigenvalue weighted by molar-refractivity contribution is -0.139. The van der Waals surface area contributed by atoms with Gasteiger partial charge in [0.2, 0.25) is 5.91 Å².